The first-order valence-electron chi connectivity index (χ1n) is 4.24. The van der Waals surface area contributed by atoms with Gasteiger partial charge >= 0.3 is 5.97 Å². The maximum absolute atomic E-state index is 11.1. The molecule has 1 rings (SSSR count). The zero-order valence-electron chi connectivity index (χ0n) is 8.28. The van der Waals surface area contributed by atoms with E-state index in [1.807, 2.05) is 0 Å². The normalized spacial score (nSPS) is 25.2. The Hall–Kier alpha value is -1.81. The number of carbonyl (C=O) groups is 1. The summed E-state index contributed by atoms with van der Waals surface area (Å²) in [6.07, 6.45) is -0.442. The number of hydrogen-bond acceptors (Lipinski definition) is 6. The molecule has 1 aliphatic carbocycles. The number of allylic oxidation sites excluding steroid dienone is 1. The summed E-state index contributed by atoms with van der Waals surface area (Å²) >= 11 is 0. The lowest BCUT2D eigenvalue weighted by Gasteiger charge is -2.26. The first-order valence-corrected chi connectivity index (χ1v) is 5.68. The third kappa shape index (κ3) is 1.91. The van der Waals surface area contributed by atoms with E-state index in [9.17, 15) is 23.3 Å². The van der Waals surface area contributed by atoms with E-state index in [4.69, 9.17) is 15.1 Å². The SMILES string of the molecule is N=C1CC=C([N+](=O)[O-])C(C(=O)O)(S(=O)(=O)O)C1. The van der Waals surface area contributed by atoms with Crippen molar-refractivity contribution in [2.45, 2.75) is 17.6 Å². The van der Waals surface area contributed by atoms with Crippen LogP contribution in [0, 0.1) is 15.5 Å². The third-order valence-electron chi connectivity index (χ3n) is 2.40. The Morgan fingerprint density at radius 2 is 2.12 bits per heavy atom. The van der Waals surface area contributed by atoms with Gasteiger partial charge in [-0.3, -0.25) is 14.7 Å². The summed E-state index contributed by atoms with van der Waals surface area (Å²) in [6.45, 7) is 0. The molecule has 0 heterocycles. The van der Waals surface area contributed by atoms with Crippen LogP contribution in [0.25, 0.3) is 0 Å². The number of nitrogens with one attached hydrogen (secondary N) is 1. The number of aliphatic carboxylic acids is 1. The monoisotopic (exact) mass is 264 g/mol. The maximum Gasteiger partial charge on any atom is 0.339 e. The van der Waals surface area contributed by atoms with Gasteiger partial charge in [-0.25, -0.2) is 4.79 Å². The van der Waals surface area contributed by atoms with Gasteiger partial charge in [-0.1, -0.05) is 0 Å². The molecule has 0 bridgehead atoms. The number of hydrogen-bond donors (Lipinski definition) is 3. The number of nitro groups is 1. The van der Waals surface area contributed by atoms with Crippen molar-refractivity contribution in [1.82, 2.24) is 0 Å². The summed E-state index contributed by atoms with van der Waals surface area (Å²) in [5.41, 5.74) is -1.46. The molecule has 0 aromatic heterocycles. The second-order valence-corrected chi connectivity index (χ2v) is 5.09. The molecule has 1 aliphatic rings. The zero-order valence-corrected chi connectivity index (χ0v) is 9.10. The second-order valence-electron chi connectivity index (χ2n) is 3.44. The lowest BCUT2D eigenvalue weighted by atomic mass is 9.90. The molecule has 1 unspecified atom stereocenters. The fourth-order valence-corrected chi connectivity index (χ4v) is 2.59. The van der Waals surface area contributed by atoms with E-state index in [0.29, 0.717) is 6.08 Å². The summed E-state index contributed by atoms with van der Waals surface area (Å²) in [5, 5.41) is 26.8. The number of rotatable bonds is 3. The van der Waals surface area contributed by atoms with E-state index < -0.39 is 37.9 Å². The van der Waals surface area contributed by atoms with Gasteiger partial charge < -0.3 is 10.5 Å². The van der Waals surface area contributed by atoms with Gasteiger partial charge in [0.2, 0.25) is 0 Å². The van der Waals surface area contributed by atoms with Crippen LogP contribution in [0.15, 0.2) is 11.8 Å². The fraction of sp³-hybridized carbons (Fsp3) is 0.429. The molecule has 0 amide bonds. The van der Waals surface area contributed by atoms with Crippen LogP contribution >= 0.6 is 0 Å². The lowest BCUT2D eigenvalue weighted by molar-refractivity contribution is -0.430. The molecule has 10 heteroatoms. The third-order valence-corrected chi connectivity index (χ3v) is 3.81. The van der Waals surface area contributed by atoms with Gasteiger partial charge in [-0.05, 0) is 6.08 Å². The highest BCUT2D eigenvalue weighted by Gasteiger charge is 2.62. The van der Waals surface area contributed by atoms with Crippen molar-refractivity contribution in [2.24, 2.45) is 0 Å². The van der Waals surface area contributed by atoms with Crippen molar-refractivity contribution in [3.8, 4) is 0 Å². The lowest BCUT2D eigenvalue weighted by Crippen LogP contribution is -2.52. The minimum Gasteiger partial charge on any atom is -0.480 e. The van der Waals surface area contributed by atoms with Gasteiger partial charge in [0.1, 0.15) is 0 Å². The van der Waals surface area contributed by atoms with Crippen molar-refractivity contribution < 1.29 is 27.8 Å². The van der Waals surface area contributed by atoms with Crippen molar-refractivity contribution in [3.05, 3.63) is 21.9 Å². The van der Waals surface area contributed by atoms with Crippen LogP contribution in [-0.2, 0) is 14.9 Å². The molecule has 0 spiro atoms. The van der Waals surface area contributed by atoms with E-state index in [2.05, 4.69) is 0 Å². The maximum atomic E-state index is 11.1. The van der Waals surface area contributed by atoms with E-state index in [0.717, 1.165) is 0 Å². The Morgan fingerprint density at radius 3 is 2.47 bits per heavy atom. The first-order chi connectivity index (χ1) is 7.63. The largest absolute Gasteiger partial charge is 0.480 e. The van der Waals surface area contributed by atoms with Crippen LogP contribution in [0.4, 0.5) is 0 Å². The Labute approximate surface area is 95.2 Å². The molecule has 17 heavy (non-hydrogen) atoms. The zero-order chi connectivity index (χ0) is 13.4. The highest BCUT2D eigenvalue weighted by molar-refractivity contribution is 7.88. The van der Waals surface area contributed by atoms with Crippen LogP contribution in [0.2, 0.25) is 0 Å². The molecular weight excluding hydrogens is 256 g/mol. The number of carboxylic acid groups (broad SMARTS) is 1. The van der Waals surface area contributed by atoms with E-state index in [1.54, 1.807) is 0 Å². The molecule has 0 saturated heterocycles. The smallest absolute Gasteiger partial charge is 0.339 e. The van der Waals surface area contributed by atoms with Crippen LogP contribution in [0.5, 0.6) is 0 Å². The Balaban J connectivity index is 3.62. The molecular formula is C7H8N2O7S. The minimum absolute atomic E-state index is 0.221. The predicted molar refractivity (Wildman–Crippen MR) is 54.0 cm³/mol. The molecule has 3 N–H and O–H groups in total. The van der Waals surface area contributed by atoms with Gasteiger partial charge in [0, 0.05) is 18.6 Å². The summed E-state index contributed by atoms with van der Waals surface area (Å²) in [7, 11) is -5.26. The van der Waals surface area contributed by atoms with Gasteiger partial charge in [0.05, 0.1) is 4.92 Å². The molecule has 9 nitrogen and oxygen atoms in total. The standard InChI is InChI=1S/C7H8N2O7S/c8-4-1-2-5(9(12)13)7(3-4,6(10)11)17(14,15)16/h2,8H,1,3H2,(H,10,11)(H,14,15,16). The fourth-order valence-electron chi connectivity index (χ4n) is 1.59. The highest BCUT2D eigenvalue weighted by atomic mass is 32.2. The van der Waals surface area contributed by atoms with E-state index in [1.165, 1.54) is 0 Å². The Morgan fingerprint density at radius 1 is 1.59 bits per heavy atom. The summed E-state index contributed by atoms with van der Waals surface area (Å²) < 4.78 is 28.1. The van der Waals surface area contributed by atoms with Crippen molar-refractivity contribution >= 4 is 21.8 Å². The van der Waals surface area contributed by atoms with Gasteiger partial charge in [0.25, 0.3) is 20.6 Å². The van der Waals surface area contributed by atoms with Crippen molar-refractivity contribution in [2.75, 3.05) is 0 Å². The van der Waals surface area contributed by atoms with E-state index >= 15 is 0 Å². The van der Waals surface area contributed by atoms with Crippen molar-refractivity contribution in [3.63, 3.8) is 0 Å². The van der Waals surface area contributed by atoms with Gasteiger partial charge in [-0.15, -0.1) is 0 Å². The quantitative estimate of drug-likeness (QED) is 0.357. The number of carboxylic acids is 1. The Bertz CT molecular complexity index is 534. The average molecular weight is 264 g/mol. The van der Waals surface area contributed by atoms with Crippen LogP contribution in [0.1, 0.15) is 12.8 Å². The molecule has 0 radical (unpaired) electrons. The molecule has 94 valence electrons. The molecule has 0 saturated carbocycles. The van der Waals surface area contributed by atoms with Crippen LogP contribution in [0.3, 0.4) is 0 Å². The van der Waals surface area contributed by atoms with Crippen LogP contribution < -0.4 is 0 Å². The summed E-state index contributed by atoms with van der Waals surface area (Å²) in [4.78, 5) is 20.5. The number of nitrogens with zero attached hydrogens (tertiary/aromatic N) is 1. The Kier molecular flexibility index (Phi) is 3.03. The highest BCUT2D eigenvalue weighted by Crippen LogP contribution is 2.35. The van der Waals surface area contributed by atoms with Gasteiger partial charge in [-0.2, -0.15) is 8.42 Å². The topological polar surface area (TPSA) is 159 Å². The second kappa shape index (κ2) is 3.89. The molecule has 0 aromatic rings. The van der Waals surface area contributed by atoms with Gasteiger partial charge in [0.15, 0.2) is 0 Å². The minimum atomic E-state index is -5.26. The molecule has 0 aliphatic heterocycles. The predicted octanol–water partition coefficient (Wildman–Crippen LogP) is -0.328. The molecule has 0 fully saturated rings. The van der Waals surface area contributed by atoms with Crippen molar-refractivity contribution in [1.29, 1.82) is 5.41 Å². The van der Waals surface area contributed by atoms with E-state index in [-0.39, 0.29) is 12.1 Å². The van der Waals surface area contributed by atoms with Crippen LogP contribution in [-0.4, -0.2) is 39.4 Å². The molecule has 1 atom stereocenters. The average Bonchev–Trinajstić information content (AvgIpc) is 2.14. The molecule has 0 aromatic carbocycles. The first kappa shape index (κ1) is 13.3. The summed E-state index contributed by atoms with van der Waals surface area (Å²) in [6, 6.07) is 0. The summed E-state index contributed by atoms with van der Waals surface area (Å²) in [5.74, 6) is -2.08.